The molecular weight excluding hydrogens is 261 g/mol. The molecule has 1 aromatic rings. The Morgan fingerprint density at radius 2 is 2.00 bits per heavy atom. The Morgan fingerprint density at radius 3 is 2.60 bits per heavy atom. The Labute approximate surface area is 117 Å². The first kappa shape index (κ1) is 14.5. The monoisotopic (exact) mass is 279 g/mol. The molecule has 5 heteroatoms. The van der Waals surface area contributed by atoms with Crippen LogP contribution in [-0.4, -0.2) is 34.0 Å². The maximum Gasteiger partial charge on any atom is 0.329 e. The van der Waals surface area contributed by atoms with Gasteiger partial charge in [0.15, 0.2) is 0 Å². The van der Waals surface area contributed by atoms with Gasteiger partial charge in [0.05, 0.1) is 0 Å². The topological polar surface area (TPSA) is 57.6 Å². The number of aryl methyl sites for hydroxylation is 1. The molecule has 1 saturated heterocycles. The molecule has 0 aliphatic carbocycles. The average molecular weight is 279 g/mol. The van der Waals surface area contributed by atoms with Crippen molar-refractivity contribution in [1.82, 2.24) is 4.90 Å². The highest BCUT2D eigenvalue weighted by atomic mass is 19.1. The van der Waals surface area contributed by atoms with Crippen LogP contribution in [0.25, 0.3) is 0 Å². The molecule has 0 saturated carbocycles. The minimum Gasteiger partial charge on any atom is -0.480 e. The molecule has 1 fully saturated rings. The second kappa shape index (κ2) is 5.61. The minimum atomic E-state index is -1.08. The molecule has 0 radical (unpaired) electrons. The third kappa shape index (κ3) is 2.81. The van der Waals surface area contributed by atoms with Crippen molar-refractivity contribution in [3.63, 3.8) is 0 Å². The van der Waals surface area contributed by atoms with Crippen LogP contribution in [0.2, 0.25) is 0 Å². The Balaban J connectivity index is 1.98. The Bertz CT molecular complexity index is 514. The zero-order valence-corrected chi connectivity index (χ0v) is 11.4. The Morgan fingerprint density at radius 1 is 1.35 bits per heavy atom. The molecular formula is C15H18FNO3. The highest BCUT2D eigenvalue weighted by Gasteiger charge is 2.45. The first-order valence-electron chi connectivity index (χ1n) is 6.72. The van der Waals surface area contributed by atoms with E-state index in [0.717, 1.165) is 5.56 Å². The van der Waals surface area contributed by atoms with Crippen molar-refractivity contribution >= 4 is 11.9 Å². The largest absolute Gasteiger partial charge is 0.480 e. The van der Waals surface area contributed by atoms with Crippen molar-refractivity contribution in [3.8, 4) is 0 Å². The van der Waals surface area contributed by atoms with Crippen LogP contribution in [0.4, 0.5) is 4.39 Å². The summed E-state index contributed by atoms with van der Waals surface area (Å²) >= 11 is 0. The summed E-state index contributed by atoms with van der Waals surface area (Å²) in [5.41, 5.74) is -0.212. The number of halogens is 1. The number of aliphatic carboxylic acids is 1. The number of amides is 1. The van der Waals surface area contributed by atoms with Crippen molar-refractivity contribution in [2.75, 3.05) is 6.54 Å². The lowest BCUT2D eigenvalue weighted by Gasteiger charge is -2.31. The molecule has 1 aromatic carbocycles. The van der Waals surface area contributed by atoms with Gasteiger partial charge in [-0.1, -0.05) is 12.1 Å². The molecule has 2 rings (SSSR count). The smallest absolute Gasteiger partial charge is 0.329 e. The van der Waals surface area contributed by atoms with E-state index in [1.807, 2.05) is 0 Å². The van der Waals surface area contributed by atoms with Crippen molar-refractivity contribution in [1.29, 1.82) is 0 Å². The number of hydrogen-bond acceptors (Lipinski definition) is 2. The van der Waals surface area contributed by atoms with E-state index in [0.29, 0.717) is 25.8 Å². The summed E-state index contributed by atoms with van der Waals surface area (Å²) in [5, 5.41) is 9.27. The molecule has 4 nitrogen and oxygen atoms in total. The standard InChI is InChI=1S/C15H18FNO3/c1-15(14(19)20)9-2-10-17(15)13(18)8-5-11-3-6-12(16)7-4-11/h3-4,6-7H,2,5,8-10H2,1H3,(H,19,20). The van der Waals surface area contributed by atoms with E-state index in [1.165, 1.54) is 17.0 Å². The van der Waals surface area contributed by atoms with Crippen LogP contribution in [0.5, 0.6) is 0 Å². The Hall–Kier alpha value is -1.91. The highest BCUT2D eigenvalue weighted by molar-refractivity contribution is 5.87. The maximum atomic E-state index is 12.8. The van der Waals surface area contributed by atoms with E-state index in [4.69, 9.17) is 0 Å². The average Bonchev–Trinajstić information content (AvgIpc) is 2.81. The normalized spacial score (nSPS) is 22.0. The van der Waals surface area contributed by atoms with E-state index in [1.54, 1.807) is 19.1 Å². The number of nitrogens with zero attached hydrogens (tertiary/aromatic N) is 1. The number of likely N-dealkylation sites (tertiary alicyclic amines) is 1. The lowest BCUT2D eigenvalue weighted by Crippen LogP contribution is -2.50. The molecule has 0 spiro atoms. The molecule has 1 atom stereocenters. The molecule has 20 heavy (non-hydrogen) atoms. The maximum absolute atomic E-state index is 12.8. The third-order valence-electron chi connectivity index (χ3n) is 3.94. The first-order valence-corrected chi connectivity index (χ1v) is 6.72. The molecule has 0 aromatic heterocycles. The highest BCUT2D eigenvalue weighted by Crippen LogP contribution is 2.30. The summed E-state index contributed by atoms with van der Waals surface area (Å²) in [5.74, 6) is -1.42. The molecule has 1 amide bonds. The molecule has 1 aliphatic heterocycles. The summed E-state index contributed by atoms with van der Waals surface area (Å²) < 4.78 is 12.8. The van der Waals surface area contributed by atoms with Crippen LogP contribution in [0.3, 0.4) is 0 Å². The predicted molar refractivity (Wildman–Crippen MR) is 71.7 cm³/mol. The van der Waals surface area contributed by atoms with Crippen LogP contribution >= 0.6 is 0 Å². The van der Waals surface area contributed by atoms with E-state index < -0.39 is 11.5 Å². The van der Waals surface area contributed by atoms with E-state index in [9.17, 15) is 19.1 Å². The number of benzene rings is 1. The summed E-state index contributed by atoms with van der Waals surface area (Å²) in [6.45, 7) is 2.09. The second-order valence-corrected chi connectivity index (χ2v) is 5.35. The number of rotatable bonds is 4. The van der Waals surface area contributed by atoms with Crippen LogP contribution in [0.15, 0.2) is 24.3 Å². The van der Waals surface area contributed by atoms with Crippen LogP contribution in [-0.2, 0) is 16.0 Å². The van der Waals surface area contributed by atoms with Crippen LogP contribution in [0, 0.1) is 5.82 Å². The van der Waals surface area contributed by atoms with Gasteiger partial charge in [0.25, 0.3) is 0 Å². The lowest BCUT2D eigenvalue weighted by atomic mass is 9.98. The number of carbonyl (C=O) groups is 2. The van der Waals surface area contributed by atoms with Crippen molar-refractivity contribution in [2.24, 2.45) is 0 Å². The van der Waals surface area contributed by atoms with Crippen LogP contribution < -0.4 is 0 Å². The van der Waals surface area contributed by atoms with Gasteiger partial charge in [-0.2, -0.15) is 0 Å². The van der Waals surface area contributed by atoms with Gasteiger partial charge in [0, 0.05) is 13.0 Å². The number of hydrogen-bond donors (Lipinski definition) is 1. The fourth-order valence-electron chi connectivity index (χ4n) is 2.62. The van der Waals surface area contributed by atoms with E-state index in [2.05, 4.69) is 0 Å². The van der Waals surface area contributed by atoms with Crippen molar-refractivity contribution < 1.29 is 19.1 Å². The zero-order valence-electron chi connectivity index (χ0n) is 11.4. The molecule has 1 aliphatic rings. The van der Waals surface area contributed by atoms with Gasteiger partial charge in [0.1, 0.15) is 11.4 Å². The summed E-state index contributed by atoms with van der Waals surface area (Å²) in [4.78, 5) is 25.0. The lowest BCUT2D eigenvalue weighted by molar-refractivity contribution is -0.155. The summed E-state index contributed by atoms with van der Waals surface area (Å²) in [6.07, 6.45) is 1.94. The molecule has 1 unspecified atom stereocenters. The second-order valence-electron chi connectivity index (χ2n) is 5.35. The predicted octanol–water partition coefficient (Wildman–Crippen LogP) is 2.22. The van der Waals surface area contributed by atoms with Gasteiger partial charge in [-0.05, 0) is 43.9 Å². The minimum absolute atomic E-state index is 0.156. The van der Waals surface area contributed by atoms with Crippen molar-refractivity contribution in [3.05, 3.63) is 35.6 Å². The number of carbonyl (C=O) groups excluding carboxylic acids is 1. The van der Waals surface area contributed by atoms with E-state index >= 15 is 0 Å². The third-order valence-corrected chi connectivity index (χ3v) is 3.94. The van der Waals surface area contributed by atoms with Gasteiger partial charge in [0.2, 0.25) is 5.91 Å². The van der Waals surface area contributed by atoms with Gasteiger partial charge in [-0.3, -0.25) is 4.79 Å². The zero-order chi connectivity index (χ0) is 14.8. The van der Waals surface area contributed by atoms with Crippen LogP contribution in [0.1, 0.15) is 31.7 Å². The Kier molecular flexibility index (Phi) is 4.06. The van der Waals surface area contributed by atoms with Gasteiger partial charge in [-0.25, -0.2) is 9.18 Å². The van der Waals surface area contributed by atoms with E-state index in [-0.39, 0.29) is 18.1 Å². The summed E-state index contributed by atoms with van der Waals surface area (Å²) in [7, 11) is 0. The van der Waals surface area contributed by atoms with Gasteiger partial charge < -0.3 is 10.0 Å². The number of carboxylic acid groups (broad SMARTS) is 1. The fourth-order valence-corrected chi connectivity index (χ4v) is 2.62. The fraction of sp³-hybridized carbons (Fsp3) is 0.467. The molecule has 1 heterocycles. The molecule has 108 valence electrons. The van der Waals surface area contributed by atoms with Gasteiger partial charge in [-0.15, -0.1) is 0 Å². The molecule has 1 N–H and O–H groups in total. The quantitative estimate of drug-likeness (QED) is 0.919. The first-order chi connectivity index (χ1) is 9.43. The van der Waals surface area contributed by atoms with Gasteiger partial charge >= 0.3 is 5.97 Å². The molecule has 0 bridgehead atoms. The SMILES string of the molecule is CC1(C(=O)O)CCCN1C(=O)CCc1ccc(F)cc1. The number of carboxylic acids is 1. The summed E-state index contributed by atoms with van der Waals surface area (Å²) in [6, 6.07) is 6.00. The van der Waals surface area contributed by atoms with Crippen molar-refractivity contribution in [2.45, 2.75) is 38.1 Å².